The quantitative estimate of drug-likeness (QED) is 0.401. The first-order chi connectivity index (χ1) is 6.13. The molecule has 0 aliphatic rings. The van der Waals surface area contributed by atoms with Crippen LogP contribution in [-0.2, 0) is 11.2 Å². The molecule has 0 fully saturated rings. The van der Waals surface area contributed by atoms with Crippen LogP contribution in [0.1, 0.15) is 5.56 Å². The smallest absolute Gasteiger partial charge is 0.238 e. The van der Waals surface area contributed by atoms with Crippen LogP contribution >= 0.6 is 0 Å². The van der Waals surface area contributed by atoms with Gasteiger partial charge in [0.2, 0.25) is 5.91 Å². The van der Waals surface area contributed by atoms with Gasteiger partial charge in [-0.2, -0.15) is 0 Å². The zero-order valence-corrected chi connectivity index (χ0v) is 6.68. The predicted molar refractivity (Wildman–Crippen MR) is 42.4 cm³/mol. The van der Waals surface area contributed by atoms with E-state index in [2.05, 4.69) is 0 Å². The van der Waals surface area contributed by atoms with Gasteiger partial charge in [-0.1, -0.05) is 0 Å². The fourth-order valence-corrected chi connectivity index (χ4v) is 0.903. The van der Waals surface area contributed by atoms with E-state index in [0.717, 1.165) is 18.2 Å². The topological polar surface area (TPSA) is 55.1 Å². The summed E-state index contributed by atoms with van der Waals surface area (Å²) in [4.78, 5) is 10.7. The number of nitrogens with two attached hydrogens (primary N) is 1. The molecule has 0 spiro atoms. The van der Waals surface area contributed by atoms with Crippen LogP contribution in [0.15, 0.2) is 18.2 Å². The van der Waals surface area contributed by atoms with Gasteiger partial charge in [0.1, 0.15) is 11.6 Å². The van der Waals surface area contributed by atoms with Crippen molar-refractivity contribution in [2.75, 3.05) is 0 Å². The molecule has 1 aromatic rings. The van der Waals surface area contributed by atoms with Crippen LogP contribution < -0.4 is 11.3 Å². The number of hydrogen-bond donors (Lipinski definition) is 2. The highest BCUT2D eigenvalue weighted by Crippen LogP contribution is 2.09. The van der Waals surface area contributed by atoms with Crippen molar-refractivity contribution in [1.29, 1.82) is 0 Å². The van der Waals surface area contributed by atoms with Crippen molar-refractivity contribution >= 4 is 5.91 Å². The molecular weight excluding hydrogens is 178 g/mol. The van der Waals surface area contributed by atoms with Gasteiger partial charge in [0.15, 0.2) is 0 Å². The Hall–Kier alpha value is -1.49. The average Bonchev–Trinajstić information content (AvgIpc) is 2.11. The molecule has 0 unspecified atom stereocenters. The monoisotopic (exact) mass is 186 g/mol. The maximum Gasteiger partial charge on any atom is 0.238 e. The number of carbonyl (C=O) groups is 1. The van der Waals surface area contributed by atoms with E-state index in [1.807, 2.05) is 5.43 Å². The largest absolute Gasteiger partial charge is 0.294 e. The number of nitrogens with one attached hydrogen (secondary N) is 1. The second kappa shape index (κ2) is 3.95. The van der Waals surface area contributed by atoms with E-state index in [-0.39, 0.29) is 12.0 Å². The minimum atomic E-state index is -0.620. The fraction of sp³-hybridized carbons (Fsp3) is 0.125. The molecule has 0 heterocycles. The first kappa shape index (κ1) is 9.60. The molecule has 1 amide bonds. The van der Waals surface area contributed by atoms with E-state index >= 15 is 0 Å². The fourth-order valence-electron chi connectivity index (χ4n) is 0.903. The second-order valence-electron chi connectivity index (χ2n) is 2.48. The number of rotatable bonds is 2. The van der Waals surface area contributed by atoms with E-state index < -0.39 is 17.5 Å². The number of carbonyl (C=O) groups excluding carboxylic acids is 1. The Balaban J connectivity index is 2.87. The van der Waals surface area contributed by atoms with Crippen molar-refractivity contribution in [2.45, 2.75) is 6.42 Å². The molecule has 0 saturated heterocycles. The maximum absolute atomic E-state index is 12.9. The standard InChI is InChI=1S/C8H8F2N2O/c9-6-1-2-7(10)5(3-6)4-8(13)12-11/h1-3H,4,11H2,(H,12,13). The van der Waals surface area contributed by atoms with Crippen LogP contribution in [0.25, 0.3) is 0 Å². The number of halogens is 2. The Morgan fingerprint density at radius 3 is 2.77 bits per heavy atom. The lowest BCUT2D eigenvalue weighted by Gasteiger charge is -2.01. The molecule has 0 aliphatic carbocycles. The molecule has 70 valence electrons. The highest BCUT2D eigenvalue weighted by Gasteiger charge is 2.07. The molecule has 0 aliphatic heterocycles. The van der Waals surface area contributed by atoms with E-state index in [0.29, 0.717) is 0 Å². The average molecular weight is 186 g/mol. The van der Waals surface area contributed by atoms with Crippen LogP contribution in [0, 0.1) is 11.6 Å². The van der Waals surface area contributed by atoms with Crippen molar-refractivity contribution in [2.24, 2.45) is 5.84 Å². The molecule has 3 N–H and O–H groups in total. The van der Waals surface area contributed by atoms with Crippen LogP contribution in [-0.4, -0.2) is 5.91 Å². The summed E-state index contributed by atoms with van der Waals surface area (Å²) in [5.74, 6) is 3.02. The SMILES string of the molecule is NNC(=O)Cc1cc(F)ccc1F. The number of hydrogen-bond acceptors (Lipinski definition) is 2. The minimum absolute atomic E-state index is 0.0112. The second-order valence-corrected chi connectivity index (χ2v) is 2.48. The van der Waals surface area contributed by atoms with Crippen molar-refractivity contribution in [3.05, 3.63) is 35.4 Å². The first-order valence-corrected chi connectivity index (χ1v) is 3.57. The first-order valence-electron chi connectivity index (χ1n) is 3.57. The molecule has 5 heteroatoms. The molecular formula is C8H8F2N2O. The minimum Gasteiger partial charge on any atom is -0.294 e. The summed E-state index contributed by atoms with van der Waals surface area (Å²) in [5.41, 5.74) is 1.82. The number of benzene rings is 1. The Bertz CT molecular complexity index is 328. The van der Waals surface area contributed by atoms with E-state index in [1.165, 1.54) is 0 Å². The van der Waals surface area contributed by atoms with Gasteiger partial charge in [-0.05, 0) is 18.2 Å². The van der Waals surface area contributed by atoms with Gasteiger partial charge in [-0.15, -0.1) is 0 Å². The van der Waals surface area contributed by atoms with Gasteiger partial charge in [-0.25, -0.2) is 14.6 Å². The van der Waals surface area contributed by atoms with E-state index in [9.17, 15) is 13.6 Å². The normalized spacial score (nSPS) is 9.77. The third-order valence-electron chi connectivity index (χ3n) is 1.52. The summed E-state index contributed by atoms with van der Waals surface area (Å²) in [6.45, 7) is 0. The van der Waals surface area contributed by atoms with Gasteiger partial charge >= 0.3 is 0 Å². The third kappa shape index (κ3) is 2.48. The molecule has 0 saturated carbocycles. The Kier molecular flexibility index (Phi) is 2.92. The zero-order chi connectivity index (χ0) is 9.84. The van der Waals surface area contributed by atoms with Gasteiger partial charge < -0.3 is 0 Å². The van der Waals surface area contributed by atoms with Crippen molar-refractivity contribution < 1.29 is 13.6 Å². The molecule has 1 rings (SSSR count). The van der Waals surface area contributed by atoms with E-state index in [4.69, 9.17) is 5.84 Å². The van der Waals surface area contributed by atoms with Crippen LogP contribution in [0.4, 0.5) is 8.78 Å². The molecule has 0 radical (unpaired) electrons. The number of hydrazine groups is 1. The highest BCUT2D eigenvalue weighted by molar-refractivity contribution is 5.77. The number of amides is 1. The lowest BCUT2D eigenvalue weighted by atomic mass is 10.1. The Morgan fingerprint density at radius 2 is 2.15 bits per heavy atom. The molecule has 3 nitrogen and oxygen atoms in total. The molecule has 1 aromatic carbocycles. The van der Waals surface area contributed by atoms with Crippen molar-refractivity contribution in [3.63, 3.8) is 0 Å². The van der Waals surface area contributed by atoms with E-state index in [1.54, 1.807) is 0 Å². The van der Waals surface area contributed by atoms with Crippen molar-refractivity contribution in [3.8, 4) is 0 Å². The lowest BCUT2D eigenvalue weighted by Crippen LogP contribution is -2.31. The van der Waals surface area contributed by atoms with Gasteiger partial charge in [-0.3, -0.25) is 10.2 Å². The summed E-state index contributed by atoms with van der Waals surface area (Å²) in [7, 11) is 0. The molecule has 0 bridgehead atoms. The summed E-state index contributed by atoms with van der Waals surface area (Å²) < 4.78 is 25.5. The predicted octanol–water partition coefficient (Wildman–Crippen LogP) is 0.497. The van der Waals surface area contributed by atoms with Gasteiger partial charge in [0.25, 0.3) is 0 Å². The lowest BCUT2D eigenvalue weighted by molar-refractivity contribution is -0.120. The van der Waals surface area contributed by atoms with Crippen LogP contribution in [0.3, 0.4) is 0 Å². The Labute approximate surface area is 73.5 Å². The third-order valence-corrected chi connectivity index (χ3v) is 1.52. The van der Waals surface area contributed by atoms with Gasteiger partial charge in [0.05, 0.1) is 6.42 Å². The Morgan fingerprint density at radius 1 is 1.46 bits per heavy atom. The molecule has 13 heavy (non-hydrogen) atoms. The summed E-state index contributed by atoms with van der Waals surface area (Å²) in [6, 6.07) is 2.91. The van der Waals surface area contributed by atoms with Gasteiger partial charge in [0, 0.05) is 5.56 Å². The highest BCUT2D eigenvalue weighted by atomic mass is 19.1. The maximum atomic E-state index is 12.9. The van der Waals surface area contributed by atoms with Crippen molar-refractivity contribution in [1.82, 2.24) is 5.43 Å². The summed E-state index contributed by atoms with van der Waals surface area (Å²) in [5, 5.41) is 0. The molecule has 0 atom stereocenters. The summed E-state index contributed by atoms with van der Waals surface area (Å²) >= 11 is 0. The van der Waals surface area contributed by atoms with Crippen LogP contribution in [0.2, 0.25) is 0 Å². The zero-order valence-electron chi connectivity index (χ0n) is 6.68. The van der Waals surface area contributed by atoms with Crippen LogP contribution in [0.5, 0.6) is 0 Å². The molecule has 0 aromatic heterocycles. The summed E-state index contributed by atoms with van der Waals surface area (Å²) in [6.07, 6.45) is -0.264.